The van der Waals surface area contributed by atoms with Gasteiger partial charge in [-0.05, 0) is 30.3 Å². The van der Waals surface area contributed by atoms with Crippen LogP contribution in [0.25, 0.3) is 0 Å². The molecule has 0 saturated carbocycles. The smallest absolute Gasteiger partial charge is 0.408 e. The summed E-state index contributed by atoms with van der Waals surface area (Å²) >= 11 is 0. The number of azo groups is 1. The molecule has 10 heteroatoms. The zero-order valence-corrected chi connectivity index (χ0v) is 17.1. The van der Waals surface area contributed by atoms with Crippen LogP contribution in [0.15, 0.2) is 57.6 Å². The van der Waals surface area contributed by atoms with Crippen molar-refractivity contribution in [3.05, 3.63) is 42.5 Å². The standard InChI is InChI=1S/C18H22N4O5S/c1-21(2)18(23)27-17-12-14(22(3,4)5)8-11-16(17)20-19-13-6-9-15(10-7-13)28(24,25)26/h6-12H,1-5H3/p+1. The largest absolute Gasteiger partial charge is 0.414 e. The molecule has 0 radical (unpaired) electrons. The minimum atomic E-state index is -4.27. The fourth-order valence-electron chi connectivity index (χ4n) is 2.07. The van der Waals surface area contributed by atoms with E-state index in [1.807, 2.05) is 27.2 Å². The first kappa shape index (κ1) is 21.5. The van der Waals surface area contributed by atoms with Crippen LogP contribution in [0.2, 0.25) is 0 Å². The van der Waals surface area contributed by atoms with E-state index in [4.69, 9.17) is 9.29 Å². The van der Waals surface area contributed by atoms with Gasteiger partial charge in [-0.25, -0.2) is 4.79 Å². The van der Waals surface area contributed by atoms with E-state index in [1.54, 1.807) is 26.2 Å². The van der Waals surface area contributed by atoms with Gasteiger partial charge in [-0.3, -0.25) is 9.04 Å². The first-order valence-electron chi connectivity index (χ1n) is 8.22. The Kier molecular flexibility index (Phi) is 6.17. The molecule has 0 heterocycles. The molecule has 2 rings (SSSR count). The van der Waals surface area contributed by atoms with Crippen LogP contribution in [0.1, 0.15) is 0 Å². The Morgan fingerprint density at radius 3 is 2.14 bits per heavy atom. The fraction of sp³-hybridized carbons (Fsp3) is 0.278. The molecule has 28 heavy (non-hydrogen) atoms. The molecule has 1 amide bonds. The molecule has 0 bridgehead atoms. The van der Waals surface area contributed by atoms with Crippen LogP contribution >= 0.6 is 0 Å². The van der Waals surface area contributed by atoms with Crippen LogP contribution in [-0.4, -0.2) is 59.2 Å². The van der Waals surface area contributed by atoms with E-state index < -0.39 is 16.2 Å². The van der Waals surface area contributed by atoms with Gasteiger partial charge in [-0.1, -0.05) is 0 Å². The maximum Gasteiger partial charge on any atom is 0.414 e. The fourth-order valence-corrected chi connectivity index (χ4v) is 2.55. The molecule has 150 valence electrons. The molecule has 0 aliphatic carbocycles. The Morgan fingerprint density at radius 1 is 1.04 bits per heavy atom. The Hall–Kier alpha value is -2.82. The molecule has 1 N–H and O–H groups in total. The molecule has 0 spiro atoms. The van der Waals surface area contributed by atoms with Crippen molar-refractivity contribution in [2.45, 2.75) is 4.90 Å². The van der Waals surface area contributed by atoms with Crippen molar-refractivity contribution in [1.82, 2.24) is 9.38 Å². The second-order valence-electron chi connectivity index (χ2n) is 7.10. The third kappa shape index (κ3) is 5.59. The summed E-state index contributed by atoms with van der Waals surface area (Å²) < 4.78 is 37.1. The molecule has 9 nitrogen and oxygen atoms in total. The van der Waals surface area contributed by atoms with E-state index in [0.717, 1.165) is 5.69 Å². The van der Waals surface area contributed by atoms with Crippen LogP contribution < -0.4 is 9.22 Å². The van der Waals surface area contributed by atoms with E-state index in [1.165, 1.54) is 29.2 Å². The Morgan fingerprint density at radius 2 is 1.64 bits per heavy atom. The van der Waals surface area contributed by atoms with Gasteiger partial charge in [-0.2, -0.15) is 13.5 Å². The van der Waals surface area contributed by atoms with E-state index in [-0.39, 0.29) is 10.6 Å². The number of ether oxygens (including phenoxy) is 1. The number of nitrogens with zero attached hydrogens (tertiary/aromatic N) is 4. The Labute approximate surface area is 164 Å². The normalized spacial score (nSPS) is 12.2. The van der Waals surface area contributed by atoms with Crippen molar-refractivity contribution in [2.24, 2.45) is 10.2 Å². The van der Waals surface area contributed by atoms with Gasteiger partial charge >= 0.3 is 6.09 Å². The molecule has 0 unspecified atom stereocenters. The Bertz CT molecular complexity index is 994. The molecule has 0 fully saturated rings. The highest BCUT2D eigenvalue weighted by atomic mass is 32.2. The number of benzene rings is 2. The van der Waals surface area contributed by atoms with Gasteiger partial charge in [0.25, 0.3) is 10.1 Å². The summed E-state index contributed by atoms with van der Waals surface area (Å²) in [7, 11) is 4.81. The van der Waals surface area contributed by atoms with Gasteiger partial charge in [0.15, 0.2) is 5.75 Å². The van der Waals surface area contributed by atoms with Gasteiger partial charge in [0.2, 0.25) is 0 Å². The number of hydrogen-bond donors (Lipinski definition) is 1. The predicted octanol–water partition coefficient (Wildman–Crippen LogP) is 3.61. The van der Waals surface area contributed by atoms with Crippen molar-refractivity contribution in [3.63, 3.8) is 0 Å². The van der Waals surface area contributed by atoms with E-state index in [9.17, 15) is 13.2 Å². The lowest BCUT2D eigenvalue weighted by atomic mass is 10.2. The molecule has 2 aromatic rings. The number of carbonyl (C=O) groups excluding carboxylic acids is 1. The highest BCUT2D eigenvalue weighted by Crippen LogP contribution is 2.34. The van der Waals surface area contributed by atoms with Gasteiger partial charge in [-0.15, -0.1) is 5.11 Å². The molecular formula is C18H23N4O5S+. The van der Waals surface area contributed by atoms with Crippen LogP contribution in [0.5, 0.6) is 5.75 Å². The van der Waals surface area contributed by atoms with Crippen molar-refractivity contribution < 1.29 is 22.5 Å². The summed E-state index contributed by atoms with van der Waals surface area (Å²) in [5, 5.41) is 8.16. The minimum Gasteiger partial charge on any atom is -0.408 e. The van der Waals surface area contributed by atoms with E-state index >= 15 is 0 Å². The predicted molar refractivity (Wildman–Crippen MR) is 106 cm³/mol. The summed E-state index contributed by atoms with van der Waals surface area (Å²) in [6.45, 7) is 0. The second kappa shape index (κ2) is 8.05. The highest BCUT2D eigenvalue weighted by Gasteiger charge is 2.18. The minimum absolute atomic E-state index is 0.237. The van der Waals surface area contributed by atoms with Gasteiger partial charge < -0.3 is 9.64 Å². The summed E-state index contributed by atoms with van der Waals surface area (Å²) in [6, 6.07) is 10.5. The topological polar surface area (TPSA) is 109 Å². The molecular weight excluding hydrogens is 384 g/mol. The average molecular weight is 407 g/mol. The van der Waals surface area contributed by atoms with Crippen LogP contribution in [0.3, 0.4) is 0 Å². The Balaban J connectivity index is 2.37. The van der Waals surface area contributed by atoms with Crippen molar-refractivity contribution >= 4 is 33.3 Å². The van der Waals surface area contributed by atoms with Crippen LogP contribution in [-0.2, 0) is 10.1 Å². The van der Waals surface area contributed by atoms with E-state index in [2.05, 4.69) is 10.2 Å². The lowest BCUT2D eigenvalue weighted by molar-refractivity contribution is 0.172. The van der Waals surface area contributed by atoms with E-state index in [0.29, 0.717) is 15.9 Å². The number of hydrogen-bond acceptors (Lipinski definition) is 6. The number of rotatable bonds is 5. The van der Waals surface area contributed by atoms with Gasteiger partial charge in [0.05, 0.1) is 31.7 Å². The van der Waals surface area contributed by atoms with Crippen LogP contribution in [0.4, 0.5) is 21.9 Å². The van der Waals surface area contributed by atoms with Gasteiger partial charge in [0, 0.05) is 26.2 Å². The molecule has 0 atom stereocenters. The average Bonchev–Trinajstić information content (AvgIpc) is 2.59. The first-order valence-corrected chi connectivity index (χ1v) is 9.66. The lowest BCUT2D eigenvalue weighted by Crippen LogP contribution is -2.34. The number of carbonyl (C=O) groups is 1. The number of quaternary nitrogens is 1. The summed E-state index contributed by atoms with van der Waals surface area (Å²) in [5.41, 5.74) is 1.61. The third-order valence-corrected chi connectivity index (χ3v) is 4.56. The zero-order chi connectivity index (χ0) is 21.1. The van der Waals surface area contributed by atoms with Crippen LogP contribution in [0, 0.1) is 0 Å². The molecule has 0 aromatic heterocycles. The quantitative estimate of drug-likeness (QED) is 0.463. The first-order chi connectivity index (χ1) is 12.9. The third-order valence-electron chi connectivity index (χ3n) is 3.69. The monoisotopic (exact) mass is 407 g/mol. The molecule has 2 aromatic carbocycles. The molecule has 0 saturated heterocycles. The maximum absolute atomic E-state index is 12.0. The highest BCUT2D eigenvalue weighted by molar-refractivity contribution is 7.85. The second-order valence-corrected chi connectivity index (χ2v) is 8.52. The summed E-state index contributed by atoms with van der Waals surface area (Å²) in [6.07, 6.45) is -0.549. The lowest BCUT2D eigenvalue weighted by Gasteiger charge is -2.24. The van der Waals surface area contributed by atoms with Crippen molar-refractivity contribution in [2.75, 3.05) is 35.2 Å². The van der Waals surface area contributed by atoms with Gasteiger partial charge in [0.1, 0.15) is 11.4 Å². The molecule has 0 aliphatic heterocycles. The SMILES string of the molecule is CN(C)C(=O)Oc1cc([N+](C)(C)C)ccc1N=Nc1ccc(S(=O)(=O)O)cc1. The molecule has 0 aliphatic rings. The zero-order valence-electron chi connectivity index (χ0n) is 16.3. The summed E-state index contributed by atoms with van der Waals surface area (Å²) in [5.74, 6) is 0.252. The van der Waals surface area contributed by atoms with Crippen molar-refractivity contribution in [3.8, 4) is 5.75 Å². The van der Waals surface area contributed by atoms with Crippen molar-refractivity contribution in [1.29, 1.82) is 0 Å². The number of amides is 1. The maximum atomic E-state index is 12.0. The summed E-state index contributed by atoms with van der Waals surface area (Å²) in [4.78, 5) is 13.0.